The van der Waals surface area contributed by atoms with Crippen LogP contribution in [0.15, 0.2) is 6.07 Å². The van der Waals surface area contributed by atoms with Crippen molar-refractivity contribution in [2.45, 2.75) is 20.0 Å². The van der Waals surface area contributed by atoms with E-state index in [4.69, 9.17) is 0 Å². The van der Waals surface area contributed by atoms with Gasteiger partial charge in [0.15, 0.2) is 5.75 Å². The Bertz CT molecular complexity index is 479. The molecule has 0 bridgehead atoms. The third kappa shape index (κ3) is 4.48. The molecule has 0 fully saturated rings. The fourth-order valence-electron chi connectivity index (χ4n) is 1.18. The quantitative estimate of drug-likeness (QED) is 0.341. The molecule has 1 rings (SSSR count). The van der Waals surface area contributed by atoms with Crippen molar-refractivity contribution in [2.24, 2.45) is 0 Å². The number of hydrogen-bond donors (Lipinski definition) is 0. The number of rotatable bonds is 4. The van der Waals surface area contributed by atoms with E-state index in [2.05, 4.69) is 14.5 Å². The van der Waals surface area contributed by atoms with Crippen molar-refractivity contribution in [2.75, 3.05) is 6.61 Å². The first-order valence-electron chi connectivity index (χ1n) is 4.96. The minimum atomic E-state index is -4.96. The minimum Gasteiger partial charge on any atom is -0.461 e. The summed E-state index contributed by atoms with van der Waals surface area (Å²) in [5.41, 5.74) is -0.687. The van der Waals surface area contributed by atoms with Gasteiger partial charge in [0.2, 0.25) is 0 Å². The third-order valence-electron chi connectivity index (χ3n) is 1.85. The lowest BCUT2D eigenvalue weighted by Gasteiger charge is -2.14. The molecule has 0 aliphatic carbocycles. The van der Waals surface area contributed by atoms with E-state index in [-0.39, 0.29) is 16.0 Å². The number of pyridine rings is 1. The molecule has 19 heavy (non-hydrogen) atoms. The Hall–Kier alpha value is -1.13. The number of carbonyl (C=O) groups excluding carboxylic acids is 1. The topological polar surface area (TPSA) is 48.4 Å². The molecule has 0 aromatic carbocycles. The van der Waals surface area contributed by atoms with Crippen LogP contribution in [0.2, 0.25) is 0 Å². The van der Waals surface area contributed by atoms with E-state index in [1.54, 1.807) is 6.92 Å². The molecule has 0 aliphatic rings. The van der Waals surface area contributed by atoms with Crippen molar-refractivity contribution >= 4 is 28.6 Å². The second-order valence-corrected chi connectivity index (χ2v) is 4.21. The zero-order valence-electron chi connectivity index (χ0n) is 9.55. The van der Waals surface area contributed by atoms with Crippen molar-refractivity contribution in [3.05, 3.63) is 21.0 Å². The van der Waals surface area contributed by atoms with Gasteiger partial charge in [-0.05, 0) is 35.6 Å². The number of aromatic nitrogens is 1. The van der Waals surface area contributed by atoms with Gasteiger partial charge in [-0.2, -0.15) is 0 Å². The first-order valence-corrected chi connectivity index (χ1v) is 6.04. The van der Waals surface area contributed by atoms with Gasteiger partial charge < -0.3 is 9.47 Å². The smallest absolute Gasteiger partial charge is 0.461 e. The maximum absolute atomic E-state index is 12.7. The Balaban J connectivity index is 3.18. The van der Waals surface area contributed by atoms with Crippen LogP contribution in [0.4, 0.5) is 17.6 Å². The van der Waals surface area contributed by atoms with Crippen molar-refractivity contribution in [1.29, 1.82) is 0 Å². The van der Waals surface area contributed by atoms with Crippen molar-refractivity contribution < 1.29 is 31.8 Å². The predicted octanol–water partition coefficient (Wildman–Crippen LogP) is 3.23. The van der Waals surface area contributed by atoms with E-state index < -0.39 is 30.3 Å². The molecule has 0 unspecified atom stereocenters. The predicted molar refractivity (Wildman–Crippen MR) is 64.4 cm³/mol. The molecule has 1 aromatic rings. The molecule has 0 N–H and O–H groups in total. The summed E-state index contributed by atoms with van der Waals surface area (Å²) in [6, 6.07) is 0.876. The number of esters is 1. The highest BCUT2D eigenvalue weighted by molar-refractivity contribution is 14.1. The highest BCUT2D eigenvalue weighted by Crippen LogP contribution is 2.31. The summed E-state index contributed by atoms with van der Waals surface area (Å²) < 4.78 is 57.2. The fraction of sp³-hybridized carbons (Fsp3) is 0.400. The standard InChI is InChI=1S/C10H8F4INO3/c1-2-18-9(17)6-3-5(4-11)7(8(15)16-6)19-10(12,13)14/h3H,2,4H2,1H3. The number of hydrogen-bond acceptors (Lipinski definition) is 4. The van der Waals surface area contributed by atoms with Gasteiger partial charge >= 0.3 is 12.3 Å². The number of nitrogens with zero attached hydrogens (tertiary/aromatic N) is 1. The third-order valence-corrected chi connectivity index (χ3v) is 2.59. The molecule has 0 amide bonds. The lowest BCUT2D eigenvalue weighted by molar-refractivity contribution is -0.275. The van der Waals surface area contributed by atoms with Gasteiger partial charge in [0, 0.05) is 5.56 Å². The van der Waals surface area contributed by atoms with Gasteiger partial charge in [0.1, 0.15) is 16.1 Å². The summed E-state index contributed by atoms with van der Waals surface area (Å²) in [4.78, 5) is 15.0. The molecule has 0 saturated carbocycles. The summed E-state index contributed by atoms with van der Waals surface area (Å²) in [6.07, 6.45) is -4.96. The Morgan fingerprint density at radius 3 is 2.58 bits per heavy atom. The molecule has 0 atom stereocenters. The zero-order chi connectivity index (χ0) is 14.6. The van der Waals surface area contributed by atoms with Crippen LogP contribution >= 0.6 is 22.6 Å². The van der Waals surface area contributed by atoms with E-state index in [0.717, 1.165) is 6.07 Å². The van der Waals surface area contributed by atoms with E-state index >= 15 is 0 Å². The number of halogens is 5. The summed E-state index contributed by atoms with van der Waals surface area (Å²) in [5.74, 6) is -1.59. The molecule has 1 heterocycles. The first-order chi connectivity index (χ1) is 8.78. The second-order valence-electron chi connectivity index (χ2n) is 3.19. The molecular weight excluding hydrogens is 385 g/mol. The van der Waals surface area contributed by atoms with Gasteiger partial charge in [0.25, 0.3) is 0 Å². The van der Waals surface area contributed by atoms with Crippen LogP contribution in [-0.2, 0) is 11.4 Å². The van der Waals surface area contributed by atoms with Gasteiger partial charge in [-0.3, -0.25) is 0 Å². The average molecular weight is 393 g/mol. The summed E-state index contributed by atoms with van der Waals surface area (Å²) >= 11 is 1.43. The van der Waals surface area contributed by atoms with Crippen LogP contribution in [-0.4, -0.2) is 23.9 Å². The van der Waals surface area contributed by atoms with Gasteiger partial charge in [-0.15, -0.1) is 13.2 Å². The molecule has 4 nitrogen and oxygen atoms in total. The maximum atomic E-state index is 12.7. The molecule has 0 saturated heterocycles. The zero-order valence-corrected chi connectivity index (χ0v) is 11.7. The maximum Gasteiger partial charge on any atom is 0.573 e. The van der Waals surface area contributed by atoms with Gasteiger partial charge in [-0.1, -0.05) is 0 Å². The lowest BCUT2D eigenvalue weighted by atomic mass is 10.2. The lowest BCUT2D eigenvalue weighted by Crippen LogP contribution is -2.20. The summed E-state index contributed by atoms with van der Waals surface area (Å²) in [7, 11) is 0. The normalized spacial score (nSPS) is 11.3. The summed E-state index contributed by atoms with van der Waals surface area (Å²) in [5, 5.41) is 0. The molecule has 9 heteroatoms. The molecule has 1 aromatic heterocycles. The average Bonchev–Trinajstić information content (AvgIpc) is 2.30. The van der Waals surface area contributed by atoms with Crippen molar-refractivity contribution in [3.8, 4) is 5.75 Å². The van der Waals surface area contributed by atoms with Crippen LogP contribution < -0.4 is 4.74 Å². The molecule has 0 spiro atoms. The van der Waals surface area contributed by atoms with Crippen LogP contribution in [0, 0.1) is 3.70 Å². The van der Waals surface area contributed by atoms with E-state index in [0.29, 0.717) is 0 Å². The monoisotopic (exact) mass is 393 g/mol. The summed E-state index contributed by atoms with van der Waals surface area (Å²) in [6.45, 7) is 0.402. The SMILES string of the molecule is CCOC(=O)c1cc(CF)c(OC(F)(F)F)c(I)n1. The van der Waals surface area contributed by atoms with Gasteiger partial charge in [-0.25, -0.2) is 14.2 Å². The van der Waals surface area contributed by atoms with Crippen LogP contribution in [0.1, 0.15) is 23.0 Å². The fourth-order valence-corrected chi connectivity index (χ4v) is 1.90. The van der Waals surface area contributed by atoms with E-state index in [1.165, 1.54) is 22.6 Å². The molecular formula is C10H8F4INO3. The van der Waals surface area contributed by atoms with E-state index in [9.17, 15) is 22.4 Å². The van der Waals surface area contributed by atoms with Crippen molar-refractivity contribution in [1.82, 2.24) is 4.98 Å². The van der Waals surface area contributed by atoms with E-state index in [1.807, 2.05) is 0 Å². The van der Waals surface area contributed by atoms with Crippen LogP contribution in [0.3, 0.4) is 0 Å². The largest absolute Gasteiger partial charge is 0.573 e. The first kappa shape index (κ1) is 15.9. The Kier molecular flexibility index (Phi) is 5.32. The van der Waals surface area contributed by atoms with Crippen LogP contribution in [0.5, 0.6) is 5.75 Å². The molecule has 106 valence electrons. The van der Waals surface area contributed by atoms with Crippen LogP contribution in [0.25, 0.3) is 0 Å². The Labute approximate surface area is 119 Å². The highest BCUT2D eigenvalue weighted by Gasteiger charge is 2.34. The van der Waals surface area contributed by atoms with Crippen molar-refractivity contribution in [3.63, 3.8) is 0 Å². The van der Waals surface area contributed by atoms with Gasteiger partial charge in [0.05, 0.1) is 6.61 Å². The Morgan fingerprint density at radius 1 is 1.47 bits per heavy atom. The number of ether oxygens (including phenoxy) is 2. The molecule has 0 radical (unpaired) electrons. The highest BCUT2D eigenvalue weighted by atomic mass is 127. The minimum absolute atomic E-state index is 0.0723. The Morgan fingerprint density at radius 2 is 2.11 bits per heavy atom. The number of alkyl halides is 4. The molecule has 0 aliphatic heterocycles. The number of carbonyl (C=O) groups is 1. The second kappa shape index (κ2) is 6.35.